The number of methoxy groups -OCH3 is 2. The summed E-state index contributed by atoms with van der Waals surface area (Å²) in [5.74, 6) is 2.32. The van der Waals surface area contributed by atoms with Crippen molar-refractivity contribution in [2.75, 3.05) is 14.2 Å². The number of aryl methyl sites for hydroxylation is 1. The second-order valence-electron chi connectivity index (χ2n) is 5.27. The lowest BCUT2D eigenvalue weighted by Crippen LogP contribution is -1.91. The third-order valence-corrected chi connectivity index (χ3v) is 5.80. The number of rotatable bonds is 6. The van der Waals surface area contributed by atoms with Crippen LogP contribution in [0.15, 0.2) is 52.7 Å². The number of benzene rings is 2. The molecule has 24 heavy (non-hydrogen) atoms. The van der Waals surface area contributed by atoms with E-state index in [4.69, 9.17) is 14.5 Å². The average Bonchev–Trinajstić information content (AvgIpc) is 3.09. The smallest absolute Gasteiger partial charge is 0.161 e. The van der Waals surface area contributed by atoms with Crippen LogP contribution in [-0.4, -0.2) is 19.2 Å². The largest absolute Gasteiger partial charge is 0.493 e. The molecule has 0 fully saturated rings. The highest BCUT2D eigenvalue weighted by Gasteiger charge is 2.10. The summed E-state index contributed by atoms with van der Waals surface area (Å²) in [4.78, 5) is 6.06. The van der Waals surface area contributed by atoms with E-state index in [-0.39, 0.29) is 0 Å². The van der Waals surface area contributed by atoms with Crippen LogP contribution in [-0.2, 0) is 5.75 Å². The van der Waals surface area contributed by atoms with Gasteiger partial charge in [-0.05, 0) is 36.8 Å². The maximum atomic E-state index is 5.37. The molecule has 1 aromatic heterocycles. The zero-order valence-electron chi connectivity index (χ0n) is 13.9. The van der Waals surface area contributed by atoms with E-state index in [1.54, 1.807) is 25.6 Å². The van der Waals surface area contributed by atoms with Crippen LogP contribution in [0.25, 0.3) is 10.6 Å². The van der Waals surface area contributed by atoms with Crippen LogP contribution in [0, 0.1) is 6.92 Å². The highest BCUT2D eigenvalue weighted by Crippen LogP contribution is 2.34. The van der Waals surface area contributed by atoms with Crippen LogP contribution in [0.4, 0.5) is 0 Å². The predicted octanol–water partition coefficient (Wildman–Crippen LogP) is 5.43. The quantitative estimate of drug-likeness (QED) is 0.551. The Morgan fingerprint density at radius 2 is 1.83 bits per heavy atom. The number of thioether (sulfide) groups is 1. The molecule has 0 aliphatic heterocycles. The molecule has 2 aromatic carbocycles. The van der Waals surface area contributed by atoms with Crippen LogP contribution in [0.2, 0.25) is 0 Å². The van der Waals surface area contributed by atoms with Crippen LogP contribution >= 0.6 is 23.1 Å². The van der Waals surface area contributed by atoms with Gasteiger partial charge >= 0.3 is 0 Å². The molecule has 0 bridgehead atoms. The molecule has 0 saturated carbocycles. The minimum Gasteiger partial charge on any atom is -0.493 e. The number of ether oxygens (including phenoxy) is 2. The number of hydrogen-bond acceptors (Lipinski definition) is 5. The summed E-state index contributed by atoms with van der Waals surface area (Å²) in [6.07, 6.45) is 0. The zero-order valence-corrected chi connectivity index (χ0v) is 15.5. The van der Waals surface area contributed by atoms with Gasteiger partial charge in [-0.1, -0.05) is 18.2 Å². The molecule has 3 nitrogen and oxygen atoms in total. The highest BCUT2D eigenvalue weighted by molar-refractivity contribution is 7.98. The van der Waals surface area contributed by atoms with Crippen LogP contribution < -0.4 is 9.47 Å². The van der Waals surface area contributed by atoms with Gasteiger partial charge in [0.25, 0.3) is 0 Å². The second kappa shape index (κ2) is 7.73. The van der Waals surface area contributed by atoms with Gasteiger partial charge < -0.3 is 9.47 Å². The molecule has 0 aliphatic carbocycles. The van der Waals surface area contributed by atoms with Crippen molar-refractivity contribution in [1.29, 1.82) is 0 Å². The lowest BCUT2D eigenvalue weighted by atomic mass is 10.2. The molecule has 3 aromatic rings. The summed E-state index contributed by atoms with van der Waals surface area (Å²) >= 11 is 3.48. The van der Waals surface area contributed by atoms with E-state index in [9.17, 15) is 0 Å². The number of hydrogen-bond donors (Lipinski definition) is 0. The van der Waals surface area contributed by atoms with Crippen molar-refractivity contribution < 1.29 is 9.47 Å². The lowest BCUT2D eigenvalue weighted by molar-refractivity contribution is 0.355. The Morgan fingerprint density at radius 1 is 1.04 bits per heavy atom. The fourth-order valence-electron chi connectivity index (χ4n) is 2.35. The number of aromatic nitrogens is 1. The second-order valence-corrected chi connectivity index (χ2v) is 7.14. The van der Waals surface area contributed by atoms with Gasteiger partial charge in [0.05, 0.1) is 19.9 Å². The van der Waals surface area contributed by atoms with E-state index in [1.165, 1.54) is 10.5 Å². The predicted molar refractivity (Wildman–Crippen MR) is 101 cm³/mol. The molecule has 0 N–H and O–H groups in total. The summed E-state index contributed by atoms with van der Waals surface area (Å²) in [7, 11) is 3.29. The van der Waals surface area contributed by atoms with Crippen LogP contribution in [0.3, 0.4) is 0 Å². The molecule has 0 unspecified atom stereocenters. The fraction of sp³-hybridized carbons (Fsp3) is 0.211. The molecule has 5 heteroatoms. The first-order chi connectivity index (χ1) is 11.7. The first kappa shape index (κ1) is 16.9. The Bertz CT molecular complexity index is 830. The van der Waals surface area contributed by atoms with Gasteiger partial charge in [-0.15, -0.1) is 23.1 Å². The standard InChI is InChI=1S/C19H19NO2S2/c1-13-6-4-5-7-18(13)23-11-15-12-24-19(20-15)14-8-9-16(21-2)17(10-14)22-3/h4-10,12H,11H2,1-3H3. The molecule has 0 radical (unpaired) electrons. The lowest BCUT2D eigenvalue weighted by Gasteiger charge is -2.08. The zero-order chi connectivity index (χ0) is 16.9. The highest BCUT2D eigenvalue weighted by atomic mass is 32.2. The molecule has 3 rings (SSSR count). The van der Waals surface area contributed by atoms with Gasteiger partial charge in [0.2, 0.25) is 0 Å². The van der Waals surface area contributed by atoms with Crippen molar-refractivity contribution in [2.24, 2.45) is 0 Å². The topological polar surface area (TPSA) is 31.4 Å². The molecule has 124 valence electrons. The Morgan fingerprint density at radius 3 is 2.58 bits per heavy atom. The SMILES string of the molecule is COc1ccc(-c2nc(CSc3ccccc3C)cs2)cc1OC. The monoisotopic (exact) mass is 357 g/mol. The Balaban J connectivity index is 1.75. The number of nitrogens with zero attached hydrogens (tertiary/aromatic N) is 1. The summed E-state index contributed by atoms with van der Waals surface area (Å²) in [6.45, 7) is 2.14. The third-order valence-electron chi connectivity index (χ3n) is 3.65. The van der Waals surface area contributed by atoms with E-state index in [1.807, 2.05) is 30.0 Å². The van der Waals surface area contributed by atoms with E-state index >= 15 is 0 Å². The van der Waals surface area contributed by atoms with Gasteiger partial charge in [-0.3, -0.25) is 0 Å². The molecule has 0 atom stereocenters. The maximum absolute atomic E-state index is 5.37. The fourth-order valence-corrected chi connectivity index (χ4v) is 4.19. The van der Waals surface area contributed by atoms with E-state index in [2.05, 4.69) is 36.6 Å². The molecule has 0 amide bonds. The van der Waals surface area contributed by atoms with E-state index < -0.39 is 0 Å². The van der Waals surface area contributed by atoms with E-state index in [0.717, 1.165) is 33.5 Å². The first-order valence-electron chi connectivity index (χ1n) is 7.56. The molecule has 0 aliphatic rings. The summed E-state index contributed by atoms with van der Waals surface area (Å²) in [5.41, 5.74) is 3.45. The van der Waals surface area contributed by atoms with Crippen molar-refractivity contribution in [3.63, 3.8) is 0 Å². The summed E-state index contributed by atoms with van der Waals surface area (Å²) < 4.78 is 10.7. The molecule has 0 saturated heterocycles. The van der Waals surface area contributed by atoms with Gasteiger partial charge in [0, 0.05) is 21.6 Å². The van der Waals surface area contributed by atoms with Crippen molar-refractivity contribution in [1.82, 2.24) is 4.98 Å². The average molecular weight is 358 g/mol. The summed E-state index contributed by atoms with van der Waals surface area (Å²) in [5, 5.41) is 3.12. The Labute approximate surface area is 150 Å². The first-order valence-corrected chi connectivity index (χ1v) is 9.43. The Kier molecular flexibility index (Phi) is 5.43. The van der Waals surface area contributed by atoms with Crippen LogP contribution in [0.5, 0.6) is 11.5 Å². The van der Waals surface area contributed by atoms with Gasteiger partial charge in [-0.2, -0.15) is 0 Å². The van der Waals surface area contributed by atoms with Gasteiger partial charge in [-0.25, -0.2) is 4.98 Å². The Hall–Kier alpha value is -1.98. The molecule has 0 spiro atoms. The molecular weight excluding hydrogens is 338 g/mol. The summed E-state index contributed by atoms with van der Waals surface area (Å²) in [6, 6.07) is 14.3. The molecular formula is C19H19NO2S2. The molecule has 1 heterocycles. The van der Waals surface area contributed by atoms with Crippen LogP contribution in [0.1, 0.15) is 11.3 Å². The van der Waals surface area contributed by atoms with Crippen molar-refractivity contribution in [2.45, 2.75) is 17.6 Å². The van der Waals surface area contributed by atoms with Crippen molar-refractivity contribution >= 4 is 23.1 Å². The van der Waals surface area contributed by atoms with Gasteiger partial charge in [0.15, 0.2) is 11.5 Å². The minimum absolute atomic E-state index is 0.723. The van der Waals surface area contributed by atoms with Gasteiger partial charge in [0.1, 0.15) is 5.01 Å². The minimum atomic E-state index is 0.723. The third kappa shape index (κ3) is 3.74. The number of thiazole rings is 1. The van der Waals surface area contributed by atoms with E-state index in [0.29, 0.717) is 0 Å². The maximum Gasteiger partial charge on any atom is 0.161 e. The van der Waals surface area contributed by atoms with Crippen molar-refractivity contribution in [3.8, 4) is 22.1 Å². The van der Waals surface area contributed by atoms with Crippen molar-refractivity contribution in [3.05, 3.63) is 59.1 Å². The normalized spacial score (nSPS) is 10.6.